The van der Waals surface area contributed by atoms with E-state index in [9.17, 15) is 8.42 Å². The van der Waals surface area contributed by atoms with Crippen molar-refractivity contribution in [3.63, 3.8) is 0 Å². The molecule has 0 heterocycles. The number of rotatable bonds is 3. The van der Waals surface area contributed by atoms with Gasteiger partial charge in [0.05, 0.1) is 4.90 Å². The van der Waals surface area contributed by atoms with Crippen molar-refractivity contribution in [2.24, 2.45) is 0 Å². The van der Waals surface area contributed by atoms with Crippen LogP contribution in [0.5, 0.6) is 0 Å². The minimum atomic E-state index is -3.43. The lowest BCUT2D eigenvalue weighted by Crippen LogP contribution is -2.03. The SMILES string of the molecule is Cc1cc(C)c(SS(=O)(=O)c2c(C)cc(C)cc2C)c(C)c1. The summed E-state index contributed by atoms with van der Waals surface area (Å²) in [6.45, 7) is 11.7. The highest BCUT2D eigenvalue weighted by Gasteiger charge is 2.23. The maximum atomic E-state index is 12.9. The van der Waals surface area contributed by atoms with E-state index in [4.69, 9.17) is 0 Å². The zero-order valence-electron chi connectivity index (χ0n) is 13.9. The van der Waals surface area contributed by atoms with Crippen LogP contribution in [0.3, 0.4) is 0 Å². The fraction of sp³-hybridized carbons (Fsp3) is 0.333. The molecule has 0 saturated heterocycles. The monoisotopic (exact) mass is 334 g/mol. The average Bonchev–Trinajstić information content (AvgIpc) is 2.31. The smallest absolute Gasteiger partial charge is 0.212 e. The Balaban J connectivity index is 2.55. The second-order valence-electron chi connectivity index (χ2n) is 5.99. The molecule has 0 atom stereocenters. The van der Waals surface area contributed by atoms with E-state index in [1.807, 2.05) is 65.8 Å². The highest BCUT2D eigenvalue weighted by Crippen LogP contribution is 2.38. The van der Waals surface area contributed by atoms with Crippen LogP contribution in [0.15, 0.2) is 34.1 Å². The van der Waals surface area contributed by atoms with Crippen LogP contribution in [0.4, 0.5) is 0 Å². The first-order chi connectivity index (χ1) is 10.1. The Kier molecular flexibility index (Phi) is 4.73. The van der Waals surface area contributed by atoms with Crippen LogP contribution >= 0.6 is 10.8 Å². The van der Waals surface area contributed by atoms with Crippen molar-refractivity contribution in [1.82, 2.24) is 0 Å². The molecule has 0 radical (unpaired) electrons. The number of aryl methyl sites for hydroxylation is 6. The first-order valence-electron chi connectivity index (χ1n) is 7.22. The second-order valence-corrected chi connectivity index (χ2v) is 9.70. The van der Waals surface area contributed by atoms with Crippen LogP contribution in [-0.4, -0.2) is 8.42 Å². The molecule has 0 aromatic heterocycles. The molecule has 118 valence electrons. The molecule has 0 bridgehead atoms. The van der Waals surface area contributed by atoms with Crippen molar-refractivity contribution in [2.45, 2.75) is 51.3 Å². The molecule has 22 heavy (non-hydrogen) atoms. The Morgan fingerprint density at radius 2 is 1.05 bits per heavy atom. The quantitative estimate of drug-likeness (QED) is 0.739. The largest absolute Gasteiger partial charge is 0.235 e. The molecule has 2 rings (SSSR count). The third kappa shape index (κ3) is 3.39. The molecule has 0 aliphatic rings. The third-order valence-corrected chi connectivity index (χ3v) is 7.48. The molecule has 0 spiro atoms. The van der Waals surface area contributed by atoms with Crippen LogP contribution in [0.1, 0.15) is 33.4 Å². The van der Waals surface area contributed by atoms with Gasteiger partial charge in [-0.05, 0) is 63.8 Å². The van der Waals surface area contributed by atoms with Crippen molar-refractivity contribution in [3.8, 4) is 0 Å². The van der Waals surface area contributed by atoms with E-state index in [0.717, 1.165) is 49.1 Å². The fourth-order valence-electron chi connectivity index (χ4n) is 3.01. The lowest BCUT2D eigenvalue weighted by molar-refractivity contribution is 0.609. The summed E-state index contributed by atoms with van der Waals surface area (Å²) in [6.07, 6.45) is 0. The van der Waals surface area contributed by atoms with Gasteiger partial charge in [-0.1, -0.05) is 35.4 Å². The Hall–Kier alpha value is -1.26. The van der Waals surface area contributed by atoms with Gasteiger partial charge in [-0.15, -0.1) is 0 Å². The summed E-state index contributed by atoms with van der Waals surface area (Å²) in [6, 6.07) is 7.91. The van der Waals surface area contributed by atoms with E-state index in [1.165, 1.54) is 0 Å². The lowest BCUT2D eigenvalue weighted by atomic mass is 10.1. The molecule has 0 aliphatic heterocycles. The van der Waals surface area contributed by atoms with Gasteiger partial charge < -0.3 is 0 Å². The van der Waals surface area contributed by atoms with Crippen molar-refractivity contribution in [1.29, 1.82) is 0 Å². The normalized spacial score (nSPS) is 11.7. The van der Waals surface area contributed by atoms with Crippen LogP contribution < -0.4 is 0 Å². The van der Waals surface area contributed by atoms with Gasteiger partial charge in [-0.2, -0.15) is 0 Å². The van der Waals surface area contributed by atoms with Crippen molar-refractivity contribution >= 4 is 19.7 Å². The maximum Gasteiger partial charge on any atom is 0.235 e. The van der Waals surface area contributed by atoms with E-state index in [2.05, 4.69) is 0 Å². The van der Waals surface area contributed by atoms with Crippen LogP contribution in [-0.2, 0) is 8.87 Å². The summed E-state index contributed by atoms with van der Waals surface area (Å²) in [5.41, 5.74) is 5.88. The molecule has 2 aromatic rings. The molecule has 0 aliphatic carbocycles. The lowest BCUT2D eigenvalue weighted by Gasteiger charge is -2.14. The molecule has 2 nitrogen and oxygen atoms in total. The molecular weight excluding hydrogens is 312 g/mol. The molecule has 0 N–H and O–H groups in total. The fourth-order valence-corrected chi connectivity index (χ4v) is 7.09. The summed E-state index contributed by atoms with van der Waals surface area (Å²) in [5, 5.41) is 0. The Morgan fingerprint density at radius 3 is 1.45 bits per heavy atom. The topological polar surface area (TPSA) is 34.1 Å². The summed E-state index contributed by atoms with van der Waals surface area (Å²) >= 11 is 0. The second kappa shape index (κ2) is 6.09. The van der Waals surface area contributed by atoms with Crippen LogP contribution in [0, 0.1) is 41.5 Å². The van der Waals surface area contributed by atoms with Gasteiger partial charge in [0.1, 0.15) is 0 Å². The van der Waals surface area contributed by atoms with Gasteiger partial charge in [0.15, 0.2) is 0 Å². The van der Waals surface area contributed by atoms with Gasteiger partial charge in [0, 0.05) is 15.7 Å². The standard InChI is InChI=1S/C18H22O2S2/c1-11-7-13(3)17(14(4)8-11)21-22(19,20)18-15(5)9-12(2)10-16(18)6/h7-10H,1-6H3. The van der Waals surface area contributed by atoms with Crippen molar-refractivity contribution in [2.75, 3.05) is 0 Å². The Labute approximate surface area is 137 Å². The average molecular weight is 335 g/mol. The maximum absolute atomic E-state index is 12.9. The van der Waals surface area contributed by atoms with Gasteiger partial charge in [0.25, 0.3) is 0 Å². The third-order valence-electron chi connectivity index (χ3n) is 3.65. The molecule has 0 amide bonds. The molecule has 0 fully saturated rings. The minimum Gasteiger partial charge on any atom is -0.212 e. The van der Waals surface area contributed by atoms with Crippen molar-refractivity contribution in [3.05, 3.63) is 57.6 Å². The molecule has 4 heteroatoms. The zero-order valence-corrected chi connectivity index (χ0v) is 15.6. The Morgan fingerprint density at radius 1 is 0.682 bits per heavy atom. The van der Waals surface area contributed by atoms with E-state index in [1.54, 1.807) is 0 Å². The minimum absolute atomic E-state index is 0.447. The number of benzene rings is 2. The van der Waals surface area contributed by atoms with E-state index >= 15 is 0 Å². The number of hydrogen-bond donors (Lipinski definition) is 0. The first-order valence-corrected chi connectivity index (χ1v) is 10.0. The highest BCUT2D eigenvalue weighted by molar-refractivity contribution is 8.72. The van der Waals surface area contributed by atoms with Crippen molar-refractivity contribution < 1.29 is 8.42 Å². The predicted octanol–water partition coefficient (Wildman–Crippen LogP) is 5.02. The van der Waals surface area contributed by atoms with E-state index in [-0.39, 0.29) is 0 Å². The Bertz CT molecular complexity index is 788. The van der Waals surface area contributed by atoms with Gasteiger partial charge in [-0.25, -0.2) is 8.42 Å². The van der Waals surface area contributed by atoms with Gasteiger partial charge in [-0.3, -0.25) is 0 Å². The molecular formula is C18H22O2S2. The summed E-state index contributed by atoms with van der Waals surface area (Å²) in [7, 11) is -2.47. The summed E-state index contributed by atoms with van der Waals surface area (Å²) < 4.78 is 25.8. The first kappa shape index (κ1) is 17.1. The number of hydrogen-bond acceptors (Lipinski definition) is 3. The molecule has 0 unspecified atom stereocenters. The zero-order chi connectivity index (χ0) is 16.7. The molecule has 2 aromatic carbocycles. The van der Waals surface area contributed by atoms with E-state index in [0.29, 0.717) is 4.90 Å². The van der Waals surface area contributed by atoms with Gasteiger partial charge in [0.2, 0.25) is 8.87 Å². The summed E-state index contributed by atoms with van der Waals surface area (Å²) in [4.78, 5) is 1.28. The van der Waals surface area contributed by atoms with Crippen LogP contribution in [0.2, 0.25) is 0 Å². The molecule has 0 saturated carbocycles. The highest BCUT2D eigenvalue weighted by atomic mass is 33.1. The van der Waals surface area contributed by atoms with E-state index < -0.39 is 8.87 Å². The predicted molar refractivity (Wildman–Crippen MR) is 94.3 cm³/mol. The van der Waals surface area contributed by atoms with Gasteiger partial charge >= 0.3 is 0 Å². The van der Waals surface area contributed by atoms with Crippen LogP contribution in [0.25, 0.3) is 0 Å². The summed E-state index contributed by atoms with van der Waals surface area (Å²) in [5.74, 6) is 0.